The minimum Gasteiger partial charge on any atom is -0.507 e. The van der Waals surface area contributed by atoms with Crippen LogP contribution in [0.25, 0.3) is 5.57 Å². The number of esters is 1. The number of hydrogen-bond donors (Lipinski definition) is 4. The fourth-order valence-corrected chi connectivity index (χ4v) is 6.26. The molecule has 5 N–H and O–H groups in total. The standard InChI is InChI=1S/C30H32N2O9/c1-13-10-16-22(18(33)11-13)24-25(32-17(7-3-4-9-31)30(38)41-29(16)32)28(37)23-15(27(24)36)6-5-8-20(23)40-21-12-19(34)26(35)14(2)39-21/h5-6,8,10-11,14,17,19,21,26,29,33-35H,3-4,7,9,12,31H2,1-2H3/t14-,17+,19+,21?,26-,29?/m0/s1. The van der Waals surface area contributed by atoms with Crippen LogP contribution >= 0.6 is 0 Å². The van der Waals surface area contributed by atoms with E-state index in [-0.39, 0.29) is 45.9 Å². The molecule has 0 saturated carbocycles. The summed E-state index contributed by atoms with van der Waals surface area (Å²) >= 11 is 0. The van der Waals surface area contributed by atoms with Gasteiger partial charge in [-0.3, -0.25) is 9.59 Å². The lowest BCUT2D eigenvalue weighted by Gasteiger charge is -2.39. The zero-order chi connectivity index (χ0) is 29.2. The summed E-state index contributed by atoms with van der Waals surface area (Å²) in [5, 5.41) is 31.3. The Morgan fingerprint density at radius 3 is 2.61 bits per heavy atom. The van der Waals surface area contributed by atoms with Gasteiger partial charge in [0.2, 0.25) is 18.3 Å². The minimum atomic E-state index is -1.10. The summed E-state index contributed by atoms with van der Waals surface area (Å²) in [7, 11) is 0. The summed E-state index contributed by atoms with van der Waals surface area (Å²) in [5.74, 6) is -1.72. The fraction of sp³-hybridized carbons (Fsp3) is 0.433. The topological polar surface area (TPSA) is 169 Å². The monoisotopic (exact) mass is 564 g/mol. The van der Waals surface area contributed by atoms with Gasteiger partial charge in [-0.2, -0.15) is 0 Å². The van der Waals surface area contributed by atoms with Gasteiger partial charge < -0.3 is 40.2 Å². The molecule has 3 aliphatic heterocycles. The molecule has 2 saturated heterocycles. The number of nitrogens with zero attached hydrogens (tertiary/aromatic N) is 1. The number of hydrogen-bond acceptors (Lipinski definition) is 11. The molecule has 2 unspecified atom stereocenters. The number of Topliss-reactive ketones (excluding diaryl/α,β-unsaturated/α-hetero) is 2. The molecule has 0 amide bonds. The maximum atomic E-state index is 14.4. The molecular formula is C30H32N2O9. The summed E-state index contributed by atoms with van der Waals surface area (Å²) in [4.78, 5) is 43.3. The lowest BCUT2D eigenvalue weighted by molar-refractivity contribution is -0.216. The number of carbonyl (C=O) groups is 3. The number of aromatic hydroxyl groups is 1. The summed E-state index contributed by atoms with van der Waals surface area (Å²) in [6, 6.07) is 7.03. The molecule has 2 aromatic rings. The number of phenolic OH excluding ortho intramolecular Hbond substituents is 1. The average molecular weight is 565 g/mol. The van der Waals surface area contributed by atoms with Crippen molar-refractivity contribution in [2.45, 2.75) is 76.4 Å². The molecule has 0 bridgehead atoms. The fourth-order valence-electron chi connectivity index (χ4n) is 6.26. The van der Waals surface area contributed by atoms with Crippen molar-refractivity contribution in [3.8, 4) is 11.5 Å². The minimum absolute atomic E-state index is 0.00612. The Morgan fingerprint density at radius 2 is 1.88 bits per heavy atom. The molecule has 41 heavy (non-hydrogen) atoms. The number of phenols is 1. The molecule has 6 atom stereocenters. The first-order valence-electron chi connectivity index (χ1n) is 13.8. The van der Waals surface area contributed by atoms with Crippen LogP contribution in [0.15, 0.2) is 36.0 Å². The predicted octanol–water partition coefficient (Wildman–Crippen LogP) is 2.10. The molecule has 3 heterocycles. The third kappa shape index (κ3) is 4.31. The van der Waals surface area contributed by atoms with E-state index in [4.69, 9.17) is 19.9 Å². The molecule has 0 aromatic heterocycles. The molecule has 4 aliphatic rings. The number of rotatable bonds is 6. The highest BCUT2D eigenvalue weighted by Crippen LogP contribution is 2.52. The number of aryl methyl sites for hydroxylation is 1. The number of benzene rings is 2. The highest BCUT2D eigenvalue weighted by Gasteiger charge is 2.53. The van der Waals surface area contributed by atoms with Gasteiger partial charge in [0.25, 0.3) is 0 Å². The molecule has 11 heteroatoms. The second kappa shape index (κ2) is 10.3. The summed E-state index contributed by atoms with van der Waals surface area (Å²) < 4.78 is 17.5. The number of fused-ring (bicyclic) bond motifs is 6. The van der Waals surface area contributed by atoms with Gasteiger partial charge in [0.1, 0.15) is 29.3 Å². The molecule has 6 rings (SSSR count). The lowest BCUT2D eigenvalue weighted by atomic mass is 9.78. The van der Waals surface area contributed by atoms with E-state index in [2.05, 4.69) is 0 Å². The number of ether oxygens (including phenoxy) is 3. The van der Waals surface area contributed by atoms with Crippen LogP contribution < -0.4 is 10.5 Å². The zero-order valence-corrected chi connectivity index (χ0v) is 22.7. The Morgan fingerprint density at radius 1 is 1.10 bits per heavy atom. The van der Waals surface area contributed by atoms with Crippen molar-refractivity contribution in [2.75, 3.05) is 6.54 Å². The number of unbranched alkanes of at least 4 members (excludes halogenated alkanes) is 1. The SMILES string of the molecule is Cc1cc(O)c2c(c1)C1OC(=O)[C@@H](CCCCN)N1C1=C2C(=O)c2cccc(OC3C[C@@H](O)[C@@H](O)[C@H](C)O3)c2C1=O. The second-order valence-electron chi connectivity index (χ2n) is 11.0. The van der Waals surface area contributed by atoms with Crippen LogP contribution in [0.4, 0.5) is 0 Å². The van der Waals surface area contributed by atoms with Gasteiger partial charge in [0.05, 0.1) is 23.3 Å². The van der Waals surface area contributed by atoms with Crippen LogP contribution in [0.2, 0.25) is 0 Å². The average Bonchev–Trinajstić information content (AvgIpc) is 3.25. The number of allylic oxidation sites excluding steroid dienone is 2. The Hall–Kier alpha value is -3.77. The molecular weight excluding hydrogens is 532 g/mol. The predicted molar refractivity (Wildman–Crippen MR) is 144 cm³/mol. The Labute approximate surface area is 236 Å². The maximum absolute atomic E-state index is 14.4. The van der Waals surface area contributed by atoms with Crippen LogP contribution in [0.5, 0.6) is 11.5 Å². The number of carbonyl (C=O) groups excluding carboxylic acids is 3. The summed E-state index contributed by atoms with van der Waals surface area (Å²) in [5.41, 5.74) is 7.01. The van der Waals surface area contributed by atoms with Gasteiger partial charge >= 0.3 is 5.97 Å². The molecule has 216 valence electrons. The van der Waals surface area contributed by atoms with E-state index < -0.39 is 54.4 Å². The van der Waals surface area contributed by atoms with E-state index in [1.165, 1.54) is 18.2 Å². The van der Waals surface area contributed by atoms with Crippen molar-refractivity contribution < 1.29 is 43.9 Å². The van der Waals surface area contributed by atoms with Crippen molar-refractivity contribution in [1.29, 1.82) is 0 Å². The Kier molecular flexibility index (Phi) is 6.85. The number of aliphatic hydroxyl groups excluding tert-OH is 2. The van der Waals surface area contributed by atoms with Crippen LogP contribution in [0.1, 0.15) is 76.2 Å². The first kappa shape index (κ1) is 27.4. The van der Waals surface area contributed by atoms with E-state index in [1.807, 2.05) is 0 Å². The maximum Gasteiger partial charge on any atom is 0.331 e. The van der Waals surface area contributed by atoms with Crippen molar-refractivity contribution >= 4 is 23.1 Å². The van der Waals surface area contributed by atoms with Crippen LogP contribution in [0.3, 0.4) is 0 Å². The normalized spacial score (nSPS) is 28.6. The van der Waals surface area contributed by atoms with Gasteiger partial charge in [-0.1, -0.05) is 12.1 Å². The second-order valence-corrected chi connectivity index (χ2v) is 11.0. The largest absolute Gasteiger partial charge is 0.507 e. The highest BCUT2D eigenvalue weighted by molar-refractivity contribution is 6.41. The molecule has 1 aliphatic carbocycles. The first-order chi connectivity index (χ1) is 19.6. The molecule has 2 aromatic carbocycles. The van der Waals surface area contributed by atoms with E-state index in [9.17, 15) is 29.7 Å². The smallest absolute Gasteiger partial charge is 0.331 e. The Bertz CT molecular complexity index is 1470. The van der Waals surface area contributed by atoms with Crippen molar-refractivity contribution in [3.05, 3.63) is 63.8 Å². The van der Waals surface area contributed by atoms with Crippen LogP contribution in [-0.2, 0) is 14.3 Å². The summed E-state index contributed by atoms with van der Waals surface area (Å²) in [6.45, 7) is 3.81. The van der Waals surface area contributed by atoms with E-state index >= 15 is 0 Å². The molecule has 11 nitrogen and oxygen atoms in total. The number of nitrogens with two attached hydrogens (primary N) is 1. The van der Waals surface area contributed by atoms with Gasteiger partial charge in [0.15, 0.2) is 5.78 Å². The molecule has 0 radical (unpaired) electrons. The molecule has 0 spiro atoms. The third-order valence-corrected chi connectivity index (χ3v) is 8.20. The van der Waals surface area contributed by atoms with E-state index in [1.54, 1.807) is 30.9 Å². The van der Waals surface area contributed by atoms with Crippen molar-refractivity contribution in [3.63, 3.8) is 0 Å². The lowest BCUT2D eigenvalue weighted by Crippen LogP contribution is -2.48. The third-order valence-electron chi connectivity index (χ3n) is 8.20. The first-order valence-corrected chi connectivity index (χ1v) is 13.8. The van der Waals surface area contributed by atoms with Gasteiger partial charge in [-0.25, -0.2) is 4.79 Å². The van der Waals surface area contributed by atoms with Crippen molar-refractivity contribution in [2.24, 2.45) is 5.73 Å². The number of aliphatic hydroxyl groups is 2. The molecule has 2 fully saturated rings. The van der Waals surface area contributed by atoms with Crippen LogP contribution in [0, 0.1) is 6.92 Å². The highest BCUT2D eigenvalue weighted by atomic mass is 16.7. The number of ketones is 2. The zero-order valence-electron chi connectivity index (χ0n) is 22.7. The van der Waals surface area contributed by atoms with E-state index in [0.29, 0.717) is 36.9 Å². The van der Waals surface area contributed by atoms with Gasteiger partial charge in [-0.05, 0) is 63.4 Å². The van der Waals surface area contributed by atoms with Gasteiger partial charge in [-0.15, -0.1) is 0 Å². The van der Waals surface area contributed by atoms with Gasteiger partial charge in [0, 0.05) is 23.1 Å². The van der Waals surface area contributed by atoms with Crippen LogP contribution in [-0.4, -0.2) is 74.9 Å². The summed E-state index contributed by atoms with van der Waals surface area (Å²) in [6.07, 6.45) is -3.32. The van der Waals surface area contributed by atoms with Crippen molar-refractivity contribution in [1.82, 2.24) is 4.90 Å². The quantitative estimate of drug-likeness (QED) is 0.299. The van der Waals surface area contributed by atoms with E-state index in [0.717, 1.165) is 0 Å². The Balaban J connectivity index is 1.48.